The normalized spacial score (nSPS) is 11.3. The summed E-state index contributed by atoms with van der Waals surface area (Å²) in [5.74, 6) is -0.359. The number of hydrogen-bond donors (Lipinski definition) is 2. The number of carbonyl (C=O) groups excluding carboxylic acids is 1. The molecule has 2 aromatic rings. The molecule has 2 rings (SSSR count). The third-order valence-electron chi connectivity index (χ3n) is 3.70. The third kappa shape index (κ3) is 6.30. The minimum atomic E-state index is -3.59. The lowest BCUT2D eigenvalue weighted by Crippen LogP contribution is -2.32. The van der Waals surface area contributed by atoms with Gasteiger partial charge in [-0.2, -0.15) is 0 Å². The molecule has 134 valence electrons. The van der Waals surface area contributed by atoms with Gasteiger partial charge in [0.1, 0.15) is 0 Å². The van der Waals surface area contributed by atoms with Gasteiger partial charge in [-0.15, -0.1) is 0 Å². The fraction of sp³-hybridized carbons (Fsp3) is 0.278. The first-order valence-corrected chi connectivity index (χ1v) is 9.73. The zero-order valence-corrected chi connectivity index (χ0v) is 14.8. The lowest BCUT2D eigenvalue weighted by molar-refractivity contribution is 0.0742. The fourth-order valence-electron chi connectivity index (χ4n) is 2.50. The van der Waals surface area contributed by atoms with Crippen LogP contribution < -0.4 is 10.9 Å². The van der Waals surface area contributed by atoms with Crippen LogP contribution in [0.2, 0.25) is 0 Å². The molecule has 0 saturated carbocycles. The Kier molecular flexibility index (Phi) is 6.69. The summed E-state index contributed by atoms with van der Waals surface area (Å²) in [6.07, 6.45) is 0.710. The number of hydrogen-bond acceptors (Lipinski definition) is 4. The van der Waals surface area contributed by atoms with Crippen LogP contribution in [0.3, 0.4) is 0 Å². The molecule has 0 unspecified atom stereocenters. The molecule has 0 bridgehead atoms. The molecular formula is C18H23N3O3S. The molecule has 0 aliphatic carbocycles. The van der Waals surface area contributed by atoms with Gasteiger partial charge in [-0.05, 0) is 36.2 Å². The van der Waals surface area contributed by atoms with Crippen LogP contribution in [0.15, 0.2) is 54.6 Å². The Balaban J connectivity index is 2.14. The predicted molar refractivity (Wildman–Crippen MR) is 98.1 cm³/mol. The summed E-state index contributed by atoms with van der Waals surface area (Å²) >= 11 is 0. The van der Waals surface area contributed by atoms with E-state index in [0.29, 0.717) is 37.2 Å². The first-order valence-electron chi connectivity index (χ1n) is 8.02. The van der Waals surface area contributed by atoms with Crippen molar-refractivity contribution in [1.82, 2.24) is 4.90 Å². The molecule has 2 aromatic carbocycles. The quantitative estimate of drug-likeness (QED) is 0.742. The zero-order chi connectivity index (χ0) is 18.3. The van der Waals surface area contributed by atoms with Crippen LogP contribution in [0.1, 0.15) is 27.9 Å². The van der Waals surface area contributed by atoms with Gasteiger partial charge in [0.15, 0.2) is 0 Å². The topological polar surface area (TPSA) is 106 Å². The van der Waals surface area contributed by atoms with Crippen molar-refractivity contribution in [2.24, 2.45) is 10.9 Å². The molecule has 6 nitrogen and oxygen atoms in total. The summed E-state index contributed by atoms with van der Waals surface area (Å²) < 4.78 is 22.3. The lowest BCUT2D eigenvalue weighted by Gasteiger charge is -2.23. The molecule has 0 spiro atoms. The molecule has 7 heteroatoms. The Bertz CT molecular complexity index is 790. The minimum Gasteiger partial charge on any atom is -0.334 e. The van der Waals surface area contributed by atoms with E-state index in [2.05, 4.69) is 0 Å². The number of rotatable bonds is 8. The van der Waals surface area contributed by atoms with E-state index in [9.17, 15) is 13.2 Å². The molecular weight excluding hydrogens is 338 g/mol. The van der Waals surface area contributed by atoms with Crippen LogP contribution >= 0.6 is 0 Å². The SMILES string of the molecule is NCCCN(Cc1ccccc1)C(=O)c1ccc(CS(N)(=O)=O)cc1. The van der Waals surface area contributed by atoms with Crippen LogP contribution in [0.5, 0.6) is 0 Å². The second kappa shape index (κ2) is 8.75. The predicted octanol–water partition coefficient (Wildman–Crippen LogP) is 1.47. The van der Waals surface area contributed by atoms with Gasteiger partial charge in [0.05, 0.1) is 5.75 Å². The first-order chi connectivity index (χ1) is 11.9. The van der Waals surface area contributed by atoms with E-state index in [4.69, 9.17) is 10.9 Å². The molecule has 0 aromatic heterocycles. The van der Waals surface area contributed by atoms with Crippen LogP contribution in [0, 0.1) is 0 Å². The summed E-state index contributed by atoms with van der Waals surface area (Å²) in [5, 5.41) is 5.04. The first kappa shape index (κ1) is 19.1. The van der Waals surface area contributed by atoms with Crippen molar-refractivity contribution >= 4 is 15.9 Å². The van der Waals surface area contributed by atoms with E-state index >= 15 is 0 Å². The molecule has 0 radical (unpaired) electrons. The van der Waals surface area contributed by atoms with Gasteiger partial charge < -0.3 is 10.6 Å². The Morgan fingerprint density at radius 3 is 2.16 bits per heavy atom. The number of carbonyl (C=O) groups is 1. The fourth-order valence-corrected chi connectivity index (χ4v) is 3.15. The van der Waals surface area contributed by atoms with Crippen LogP contribution in [-0.4, -0.2) is 32.3 Å². The van der Waals surface area contributed by atoms with E-state index in [1.165, 1.54) is 0 Å². The van der Waals surface area contributed by atoms with Crippen molar-refractivity contribution in [3.05, 3.63) is 71.3 Å². The van der Waals surface area contributed by atoms with Crippen molar-refractivity contribution in [3.8, 4) is 0 Å². The van der Waals surface area contributed by atoms with Gasteiger partial charge in [0.25, 0.3) is 5.91 Å². The van der Waals surface area contributed by atoms with Gasteiger partial charge in [-0.1, -0.05) is 42.5 Å². The number of nitrogens with two attached hydrogens (primary N) is 2. The molecule has 0 atom stereocenters. The van der Waals surface area contributed by atoms with Crippen LogP contribution in [0.25, 0.3) is 0 Å². The second-order valence-corrected chi connectivity index (χ2v) is 7.47. The van der Waals surface area contributed by atoms with Crippen molar-refractivity contribution < 1.29 is 13.2 Å². The molecule has 1 amide bonds. The molecule has 25 heavy (non-hydrogen) atoms. The number of benzene rings is 2. The van der Waals surface area contributed by atoms with Crippen molar-refractivity contribution in [1.29, 1.82) is 0 Å². The highest BCUT2D eigenvalue weighted by Crippen LogP contribution is 2.13. The maximum atomic E-state index is 12.8. The standard InChI is InChI=1S/C18H23N3O3S/c19-11-4-12-21(13-15-5-2-1-3-6-15)18(22)17-9-7-16(8-10-17)14-25(20,23)24/h1-3,5-10H,4,11-14,19H2,(H2,20,23,24). The largest absolute Gasteiger partial charge is 0.334 e. The number of amides is 1. The minimum absolute atomic E-state index is 0.112. The molecule has 0 saturated heterocycles. The highest BCUT2D eigenvalue weighted by Gasteiger charge is 2.16. The lowest BCUT2D eigenvalue weighted by atomic mass is 10.1. The summed E-state index contributed by atoms with van der Waals surface area (Å²) in [6, 6.07) is 16.2. The van der Waals surface area contributed by atoms with Gasteiger partial charge in [0, 0.05) is 18.7 Å². The maximum absolute atomic E-state index is 12.8. The molecule has 0 heterocycles. The Labute approximate surface area is 148 Å². The average Bonchev–Trinajstić information content (AvgIpc) is 2.58. The maximum Gasteiger partial charge on any atom is 0.254 e. The highest BCUT2D eigenvalue weighted by molar-refractivity contribution is 7.88. The third-order valence-corrected chi connectivity index (χ3v) is 4.44. The van der Waals surface area contributed by atoms with Crippen molar-refractivity contribution in [3.63, 3.8) is 0 Å². The molecule has 0 fully saturated rings. The summed E-state index contributed by atoms with van der Waals surface area (Å²) in [7, 11) is -3.59. The van der Waals surface area contributed by atoms with Crippen molar-refractivity contribution in [2.75, 3.05) is 13.1 Å². The molecule has 4 N–H and O–H groups in total. The smallest absolute Gasteiger partial charge is 0.254 e. The van der Waals surface area contributed by atoms with E-state index < -0.39 is 10.0 Å². The van der Waals surface area contributed by atoms with Crippen molar-refractivity contribution in [2.45, 2.75) is 18.7 Å². The number of sulfonamides is 1. The van der Waals surface area contributed by atoms with E-state index in [1.807, 2.05) is 30.3 Å². The highest BCUT2D eigenvalue weighted by atomic mass is 32.2. The van der Waals surface area contributed by atoms with Gasteiger partial charge in [-0.25, -0.2) is 13.6 Å². The Morgan fingerprint density at radius 2 is 1.60 bits per heavy atom. The summed E-state index contributed by atoms with van der Waals surface area (Å²) in [4.78, 5) is 14.5. The van der Waals surface area contributed by atoms with E-state index in [1.54, 1.807) is 29.2 Å². The second-order valence-electron chi connectivity index (χ2n) is 5.86. The van der Waals surface area contributed by atoms with Gasteiger partial charge in [0.2, 0.25) is 10.0 Å². The van der Waals surface area contributed by atoms with E-state index in [-0.39, 0.29) is 11.7 Å². The summed E-state index contributed by atoms with van der Waals surface area (Å²) in [5.41, 5.74) is 7.68. The van der Waals surface area contributed by atoms with Gasteiger partial charge in [-0.3, -0.25) is 4.79 Å². The molecule has 0 aliphatic rings. The number of primary sulfonamides is 1. The van der Waals surface area contributed by atoms with Crippen LogP contribution in [-0.2, 0) is 22.3 Å². The Hall–Kier alpha value is -2.22. The monoisotopic (exact) mass is 361 g/mol. The van der Waals surface area contributed by atoms with Gasteiger partial charge >= 0.3 is 0 Å². The van der Waals surface area contributed by atoms with Crippen LogP contribution in [0.4, 0.5) is 0 Å². The van der Waals surface area contributed by atoms with E-state index in [0.717, 1.165) is 5.56 Å². The number of nitrogens with zero attached hydrogens (tertiary/aromatic N) is 1. The zero-order valence-electron chi connectivity index (χ0n) is 14.0. The Morgan fingerprint density at radius 1 is 0.960 bits per heavy atom. The summed E-state index contributed by atoms with van der Waals surface area (Å²) in [6.45, 7) is 1.56. The molecule has 0 aliphatic heterocycles. The average molecular weight is 361 g/mol.